The Bertz CT molecular complexity index is 996. The van der Waals surface area contributed by atoms with Crippen LogP contribution in [0.2, 0.25) is 0 Å². The minimum absolute atomic E-state index is 0.136. The highest BCUT2D eigenvalue weighted by Crippen LogP contribution is 2.32. The van der Waals surface area contributed by atoms with Crippen molar-refractivity contribution in [3.8, 4) is 16.9 Å². The van der Waals surface area contributed by atoms with Gasteiger partial charge in [0.05, 0.1) is 19.1 Å². The van der Waals surface area contributed by atoms with Crippen LogP contribution in [-0.4, -0.2) is 24.7 Å². The van der Waals surface area contributed by atoms with Crippen molar-refractivity contribution >= 4 is 8.25 Å². The number of benzene rings is 2. The maximum atomic E-state index is 13.7. The fourth-order valence-corrected chi connectivity index (χ4v) is 3.79. The zero-order valence-electron chi connectivity index (χ0n) is 18.5. The molecule has 1 heterocycles. The number of furan rings is 1. The van der Waals surface area contributed by atoms with Crippen molar-refractivity contribution in [3.63, 3.8) is 0 Å². The Kier molecular flexibility index (Phi) is 10.5. The first-order valence-corrected chi connectivity index (χ1v) is 12.3. The maximum Gasteiger partial charge on any atom is 0.694 e. The van der Waals surface area contributed by atoms with Crippen molar-refractivity contribution in [2.45, 2.75) is 38.6 Å². The molecule has 1 aromatic heterocycles. The van der Waals surface area contributed by atoms with Crippen LogP contribution >= 0.6 is 8.25 Å². The van der Waals surface area contributed by atoms with Crippen molar-refractivity contribution in [3.05, 3.63) is 78.0 Å². The minimum Gasteiger partial charge on any atom is -0.493 e. The standard InChI is InChI=1S/C25H29FNO5P/c26-24-9-4-3-8-21(24)7-2-1-5-14-31-25-11-10-20(17-23(25)22-12-16-30-19-22)18-27-13-6-15-32-33(28)29/h3-4,8-12,16-17,19,27H,1-2,5-7,13-15,18H2/p+1. The Hall–Kier alpha value is -2.57. The summed E-state index contributed by atoms with van der Waals surface area (Å²) in [5.41, 5.74) is 3.78. The number of nitrogens with one attached hydrogen (secondary N) is 1. The van der Waals surface area contributed by atoms with Gasteiger partial charge in [-0.15, -0.1) is 9.42 Å². The van der Waals surface area contributed by atoms with Gasteiger partial charge in [-0.05, 0) is 74.0 Å². The van der Waals surface area contributed by atoms with Crippen LogP contribution in [0.5, 0.6) is 5.75 Å². The highest BCUT2D eigenvalue weighted by atomic mass is 31.1. The van der Waals surface area contributed by atoms with Gasteiger partial charge < -0.3 is 14.5 Å². The van der Waals surface area contributed by atoms with E-state index in [4.69, 9.17) is 14.0 Å². The zero-order valence-corrected chi connectivity index (χ0v) is 19.4. The number of ether oxygens (including phenoxy) is 1. The van der Waals surface area contributed by atoms with Crippen LogP contribution in [0, 0.1) is 5.82 Å². The molecule has 0 saturated heterocycles. The van der Waals surface area contributed by atoms with Gasteiger partial charge in [0.2, 0.25) is 0 Å². The van der Waals surface area contributed by atoms with E-state index < -0.39 is 8.25 Å². The van der Waals surface area contributed by atoms with Gasteiger partial charge in [-0.3, -0.25) is 0 Å². The Balaban J connectivity index is 1.46. The Morgan fingerprint density at radius 3 is 2.70 bits per heavy atom. The number of halogens is 1. The average molecular weight is 474 g/mol. The molecule has 0 aliphatic rings. The van der Waals surface area contributed by atoms with E-state index in [1.54, 1.807) is 18.6 Å². The Labute approximate surface area is 194 Å². The Morgan fingerprint density at radius 2 is 1.91 bits per heavy atom. The van der Waals surface area contributed by atoms with E-state index in [0.29, 0.717) is 26.1 Å². The third-order valence-corrected chi connectivity index (χ3v) is 5.61. The van der Waals surface area contributed by atoms with Gasteiger partial charge in [0.1, 0.15) is 18.2 Å². The lowest BCUT2D eigenvalue weighted by molar-refractivity contribution is 0.276. The summed E-state index contributed by atoms with van der Waals surface area (Å²) in [6, 6.07) is 14.9. The summed E-state index contributed by atoms with van der Waals surface area (Å²) in [5.74, 6) is 0.665. The normalized spacial score (nSPS) is 11.5. The van der Waals surface area contributed by atoms with Gasteiger partial charge >= 0.3 is 8.25 Å². The van der Waals surface area contributed by atoms with Crippen molar-refractivity contribution in [2.24, 2.45) is 0 Å². The predicted octanol–water partition coefficient (Wildman–Crippen LogP) is 6.02. The van der Waals surface area contributed by atoms with Crippen LogP contribution in [0.15, 0.2) is 65.5 Å². The quantitative estimate of drug-likeness (QED) is 0.207. The second kappa shape index (κ2) is 13.9. The van der Waals surface area contributed by atoms with E-state index >= 15 is 0 Å². The molecule has 0 bridgehead atoms. The molecule has 1 atom stereocenters. The van der Waals surface area contributed by atoms with E-state index in [1.165, 1.54) is 6.07 Å². The first-order chi connectivity index (χ1) is 16.1. The summed E-state index contributed by atoms with van der Waals surface area (Å²) in [6.07, 6.45) is 7.49. The molecule has 6 nitrogen and oxygen atoms in total. The molecule has 3 rings (SSSR count). The smallest absolute Gasteiger partial charge is 0.493 e. The van der Waals surface area contributed by atoms with E-state index in [-0.39, 0.29) is 12.4 Å². The first kappa shape index (κ1) is 25.1. The lowest BCUT2D eigenvalue weighted by Crippen LogP contribution is -2.16. The molecule has 0 saturated carbocycles. The lowest BCUT2D eigenvalue weighted by Gasteiger charge is -2.13. The molecule has 8 heteroatoms. The van der Waals surface area contributed by atoms with Crippen LogP contribution in [0.3, 0.4) is 0 Å². The predicted molar refractivity (Wildman–Crippen MR) is 126 cm³/mol. The monoisotopic (exact) mass is 474 g/mol. The molecule has 0 fully saturated rings. The van der Waals surface area contributed by atoms with Gasteiger partial charge in [-0.1, -0.05) is 24.3 Å². The number of aryl methyl sites for hydroxylation is 1. The van der Waals surface area contributed by atoms with Crippen molar-refractivity contribution < 1.29 is 27.5 Å². The van der Waals surface area contributed by atoms with Gasteiger partial charge in [-0.25, -0.2) is 4.39 Å². The van der Waals surface area contributed by atoms with Crippen LogP contribution < -0.4 is 10.1 Å². The molecule has 0 amide bonds. The molecule has 1 unspecified atom stereocenters. The highest BCUT2D eigenvalue weighted by Gasteiger charge is 2.11. The van der Waals surface area contributed by atoms with Crippen LogP contribution in [0.1, 0.15) is 36.8 Å². The van der Waals surface area contributed by atoms with Crippen molar-refractivity contribution in [1.82, 2.24) is 5.32 Å². The van der Waals surface area contributed by atoms with Crippen molar-refractivity contribution in [2.75, 3.05) is 19.8 Å². The number of rotatable bonds is 15. The molecule has 3 aromatic rings. The van der Waals surface area contributed by atoms with Crippen molar-refractivity contribution in [1.29, 1.82) is 0 Å². The average Bonchev–Trinajstić information content (AvgIpc) is 3.35. The van der Waals surface area contributed by atoms with E-state index in [1.807, 2.05) is 30.3 Å². The maximum absolute atomic E-state index is 13.7. The topological polar surface area (TPSA) is 80.9 Å². The van der Waals surface area contributed by atoms with Crippen LogP contribution in [0.25, 0.3) is 11.1 Å². The van der Waals surface area contributed by atoms with E-state index in [2.05, 4.69) is 15.9 Å². The van der Waals surface area contributed by atoms with Gasteiger partial charge in [0, 0.05) is 22.2 Å². The summed E-state index contributed by atoms with van der Waals surface area (Å²) < 4.78 is 40.2. The number of hydrogen-bond donors (Lipinski definition) is 2. The van der Waals surface area contributed by atoms with Gasteiger partial charge in [0.25, 0.3) is 0 Å². The first-order valence-electron chi connectivity index (χ1n) is 11.1. The van der Waals surface area contributed by atoms with Crippen LogP contribution in [-0.2, 0) is 22.1 Å². The number of hydrogen-bond acceptors (Lipinski definition) is 5. The summed E-state index contributed by atoms with van der Waals surface area (Å²) in [7, 11) is -2.53. The second-order valence-electron chi connectivity index (χ2n) is 7.69. The third kappa shape index (κ3) is 8.71. The molecule has 2 N–H and O–H groups in total. The van der Waals surface area contributed by atoms with Crippen LogP contribution in [0.4, 0.5) is 4.39 Å². The molecular formula is C25H30FNO5P+. The third-order valence-electron chi connectivity index (χ3n) is 5.21. The molecule has 0 radical (unpaired) electrons. The fourth-order valence-electron chi connectivity index (χ4n) is 3.51. The number of unbranched alkanes of at least 4 members (excludes halogenated alkanes) is 2. The molecule has 0 aliphatic carbocycles. The highest BCUT2D eigenvalue weighted by molar-refractivity contribution is 7.32. The summed E-state index contributed by atoms with van der Waals surface area (Å²) in [4.78, 5) is 8.63. The fraction of sp³-hybridized carbons (Fsp3) is 0.360. The summed E-state index contributed by atoms with van der Waals surface area (Å²) in [5, 5.41) is 3.30. The molecule has 0 spiro atoms. The zero-order chi connectivity index (χ0) is 23.3. The SMILES string of the molecule is O=[P+](O)OCCCNCc1ccc(OCCCCCc2ccccc2F)c(-c2ccoc2)c1. The minimum atomic E-state index is -2.53. The summed E-state index contributed by atoms with van der Waals surface area (Å²) >= 11 is 0. The molecular weight excluding hydrogens is 444 g/mol. The molecule has 33 heavy (non-hydrogen) atoms. The lowest BCUT2D eigenvalue weighted by atomic mass is 10.0. The van der Waals surface area contributed by atoms with E-state index in [9.17, 15) is 8.96 Å². The molecule has 176 valence electrons. The van der Waals surface area contributed by atoms with E-state index in [0.717, 1.165) is 53.7 Å². The largest absolute Gasteiger partial charge is 0.694 e. The Morgan fingerprint density at radius 1 is 1.03 bits per heavy atom. The summed E-state index contributed by atoms with van der Waals surface area (Å²) in [6.45, 7) is 2.17. The van der Waals surface area contributed by atoms with Gasteiger partial charge in [-0.2, -0.15) is 0 Å². The molecule has 0 aliphatic heterocycles. The van der Waals surface area contributed by atoms with Gasteiger partial charge in [0.15, 0.2) is 0 Å². The molecule has 2 aromatic carbocycles. The second-order valence-corrected chi connectivity index (χ2v) is 8.43.